The Morgan fingerprint density at radius 2 is 1.44 bits per heavy atom. The third-order valence-electron chi connectivity index (χ3n) is 2.77. The van der Waals surface area contributed by atoms with Crippen LogP contribution < -0.4 is 5.11 Å². The number of hydrogen-bond acceptors (Lipinski definition) is 6. The Hall–Kier alpha value is -2.91. The van der Waals surface area contributed by atoms with E-state index in [0.717, 1.165) is 0 Å². The van der Waals surface area contributed by atoms with Crippen LogP contribution >= 0.6 is 0 Å². The van der Waals surface area contributed by atoms with Crippen LogP contribution in [0.1, 0.15) is 51.9 Å². The predicted octanol–water partition coefficient (Wildman–Crippen LogP) is 0.583. The van der Waals surface area contributed by atoms with Gasteiger partial charge in [-0.2, -0.15) is 0 Å². The van der Waals surface area contributed by atoms with Crippen LogP contribution in [-0.4, -0.2) is 31.1 Å². The first-order valence-electron chi connectivity index (χ1n) is 8.01. The highest BCUT2D eigenvalue weighted by Gasteiger charge is 2.03. The van der Waals surface area contributed by atoms with Gasteiger partial charge in [0.05, 0.1) is 13.2 Å². The number of carboxylic acid groups (broad SMARTS) is 1. The number of aliphatic carboxylic acids is 1. The number of rotatable bonds is 11. The SMILES string of the molecule is CC#CC#CC#CC(=O)OCCCCC(=O)OCCCCCC(=O)[O-]. The smallest absolute Gasteiger partial charge is 0.385 e. The molecule has 0 saturated carbocycles. The number of esters is 2. The van der Waals surface area contributed by atoms with E-state index in [4.69, 9.17) is 9.47 Å². The molecule has 6 heteroatoms. The molecule has 0 saturated heterocycles. The van der Waals surface area contributed by atoms with E-state index in [-0.39, 0.29) is 32.0 Å². The summed E-state index contributed by atoms with van der Waals surface area (Å²) in [5.41, 5.74) is 0. The lowest BCUT2D eigenvalue weighted by Gasteiger charge is -2.05. The maximum atomic E-state index is 11.4. The number of ether oxygens (including phenoxy) is 2. The van der Waals surface area contributed by atoms with Gasteiger partial charge < -0.3 is 19.4 Å². The van der Waals surface area contributed by atoms with Gasteiger partial charge in [-0.1, -0.05) is 5.92 Å². The van der Waals surface area contributed by atoms with Crippen molar-refractivity contribution in [2.45, 2.75) is 51.9 Å². The molecule has 0 amide bonds. The van der Waals surface area contributed by atoms with E-state index in [0.29, 0.717) is 32.1 Å². The molecular weight excluding hydrogens is 324 g/mol. The molecule has 0 spiro atoms. The van der Waals surface area contributed by atoms with Gasteiger partial charge in [-0.25, -0.2) is 4.79 Å². The molecule has 0 aliphatic heterocycles. The molecule has 0 aromatic heterocycles. The lowest BCUT2D eigenvalue weighted by atomic mass is 10.2. The maximum absolute atomic E-state index is 11.4. The van der Waals surface area contributed by atoms with Crippen LogP contribution in [0.2, 0.25) is 0 Å². The Labute approximate surface area is 148 Å². The molecule has 0 unspecified atom stereocenters. The van der Waals surface area contributed by atoms with Crippen LogP contribution in [0.25, 0.3) is 0 Å². The van der Waals surface area contributed by atoms with Gasteiger partial charge in [0, 0.05) is 18.3 Å². The van der Waals surface area contributed by atoms with Crippen molar-refractivity contribution < 1.29 is 29.0 Å². The quantitative estimate of drug-likeness (QED) is 0.235. The lowest BCUT2D eigenvalue weighted by Crippen LogP contribution is -2.21. The molecule has 0 N–H and O–H groups in total. The van der Waals surface area contributed by atoms with Crippen LogP contribution in [0.4, 0.5) is 0 Å². The van der Waals surface area contributed by atoms with Crippen LogP contribution in [0.15, 0.2) is 0 Å². The molecule has 0 radical (unpaired) electrons. The maximum Gasteiger partial charge on any atom is 0.385 e. The minimum Gasteiger partial charge on any atom is -0.550 e. The van der Waals surface area contributed by atoms with Crippen molar-refractivity contribution in [2.24, 2.45) is 0 Å². The van der Waals surface area contributed by atoms with E-state index >= 15 is 0 Å². The molecule has 0 fully saturated rings. The first-order chi connectivity index (χ1) is 12.1. The van der Waals surface area contributed by atoms with Crippen LogP contribution in [-0.2, 0) is 23.9 Å². The summed E-state index contributed by atoms with van der Waals surface area (Å²) >= 11 is 0. The Balaban J connectivity index is 3.56. The summed E-state index contributed by atoms with van der Waals surface area (Å²) in [7, 11) is 0. The fourth-order valence-corrected chi connectivity index (χ4v) is 1.59. The summed E-state index contributed by atoms with van der Waals surface area (Å²) in [6.45, 7) is 2.10. The van der Waals surface area contributed by atoms with Crippen molar-refractivity contribution >= 4 is 17.9 Å². The summed E-state index contributed by atoms with van der Waals surface area (Å²) in [5.74, 6) is 12.4. The Bertz CT molecular complexity index is 616. The molecular formula is C19H21O6-. The Morgan fingerprint density at radius 1 is 0.800 bits per heavy atom. The molecule has 0 aromatic rings. The van der Waals surface area contributed by atoms with Gasteiger partial charge in [0.2, 0.25) is 0 Å². The summed E-state index contributed by atoms with van der Waals surface area (Å²) in [6.07, 6.45) is 3.15. The summed E-state index contributed by atoms with van der Waals surface area (Å²) in [6, 6.07) is 0. The molecule has 0 atom stereocenters. The zero-order valence-electron chi connectivity index (χ0n) is 14.3. The van der Waals surface area contributed by atoms with Crippen LogP contribution in [0.3, 0.4) is 0 Å². The van der Waals surface area contributed by atoms with Crippen molar-refractivity contribution in [3.05, 3.63) is 0 Å². The second kappa shape index (κ2) is 16.0. The third-order valence-corrected chi connectivity index (χ3v) is 2.77. The minimum atomic E-state index is -1.07. The normalized spacial score (nSPS) is 8.52. The standard InChI is InChI=1S/C19H22O6/c1-2-3-4-5-8-13-18(22)25-16-11-9-14-19(23)24-15-10-6-7-12-17(20)21/h6-7,9-12,14-16H2,1H3,(H,20,21)/p-1. The Morgan fingerprint density at radius 3 is 2.16 bits per heavy atom. The van der Waals surface area contributed by atoms with E-state index in [1.807, 2.05) is 0 Å². The van der Waals surface area contributed by atoms with Crippen molar-refractivity contribution in [1.82, 2.24) is 0 Å². The van der Waals surface area contributed by atoms with Crippen molar-refractivity contribution in [3.63, 3.8) is 0 Å². The second-order valence-corrected chi connectivity index (χ2v) is 4.87. The molecule has 0 aliphatic carbocycles. The van der Waals surface area contributed by atoms with Crippen molar-refractivity contribution in [1.29, 1.82) is 0 Å². The largest absolute Gasteiger partial charge is 0.550 e. The first-order valence-corrected chi connectivity index (χ1v) is 8.01. The predicted molar refractivity (Wildman–Crippen MR) is 88.2 cm³/mol. The molecule has 0 rings (SSSR count). The van der Waals surface area contributed by atoms with E-state index in [2.05, 4.69) is 35.5 Å². The molecule has 0 aromatic carbocycles. The molecule has 0 aliphatic rings. The Kier molecular flexibility index (Phi) is 14.1. The average Bonchev–Trinajstić information content (AvgIpc) is 2.57. The fourth-order valence-electron chi connectivity index (χ4n) is 1.59. The van der Waals surface area contributed by atoms with Crippen LogP contribution in [0, 0.1) is 35.5 Å². The third kappa shape index (κ3) is 17.3. The van der Waals surface area contributed by atoms with E-state index in [1.165, 1.54) is 0 Å². The highest BCUT2D eigenvalue weighted by molar-refractivity contribution is 5.89. The number of carbonyl (C=O) groups excluding carboxylic acids is 3. The van der Waals surface area contributed by atoms with E-state index in [1.54, 1.807) is 6.92 Å². The summed E-state index contributed by atoms with van der Waals surface area (Å²) in [4.78, 5) is 32.8. The van der Waals surface area contributed by atoms with Gasteiger partial charge in [-0.15, -0.1) is 0 Å². The molecule has 0 bridgehead atoms. The number of hydrogen-bond donors (Lipinski definition) is 0. The molecule has 0 heterocycles. The second-order valence-electron chi connectivity index (χ2n) is 4.87. The lowest BCUT2D eigenvalue weighted by molar-refractivity contribution is -0.305. The molecule has 6 nitrogen and oxygen atoms in total. The zero-order valence-corrected chi connectivity index (χ0v) is 14.3. The highest BCUT2D eigenvalue weighted by atomic mass is 16.5. The topological polar surface area (TPSA) is 92.7 Å². The van der Waals surface area contributed by atoms with Gasteiger partial charge in [-0.3, -0.25) is 4.79 Å². The number of carbonyl (C=O) groups is 3. The monoisotopic (exact) mass is 345 g/mol. The molecule has 134 valence electrons. The van der Waals surface area contributed by atoms with Gasteiger partial charge in [0.15, 0.2) is 0 Å². The van der Waals surface area contributed by atoms with Gasteiger partial charge in [-0.05, 0) is 69.1 Å². The van der Waals surface area contributed by atoms with E-state index in [9.17, 15) is 19.5 Å². The van der Waals surface area contributed by atoms with Gasteiger partial charge >= 0.3 is 11.9 Å². The average molecular weight is 345 g/mol. The zero-order chi connectivity index (χ0) is 18.8. The fraction of sp³-hybridized carbons (Fsp3) is 0.526. The van der Waals surface area contributed by atoms with Gasteiger partial charge in [0.25, 0.3) is 0 Å². The highest BCUT2D eigenvalue weighted by Crippen LogP contribution is 2.02. The van der Waals surface area contributed by atoms with Crippen LogP contribution in [0.5, 0.6) is 0 Å². The number of carboxylic acids is 1. The van der Waals surface area contributed by atoms with E-state index < -0.39 is 11.9 Å². The first kappa shape index (κ1) is 22.1. The van der Waals surface area contributed by atoms with Crippen molar-refractivity contribution in [3.8, 4) is 35.5 Å². The summed E-state index contributed by atoms with van der Waals surface area (Å²) in [5, 5.41) is 10.2. The van der Waals surface area contributed by atoms with Crippen molar-refractivity contribution in [2.75, 3.05) is 13.2 Å². The summed E-state index contributed by atoms with van der Waals surface area (Å²) < 4.78 is 9.86. The molecule has 25 heavy (non-hydrogen) atoms. The minimum absolute atomic E-state index is 0.0243. The number of unbranched alkanes of at least 4 members (excludes halogenated alkanes) is 3. The van der Waals surface area contributed by atoms with Gasteiger partial charge in [0.1, 0.15) is 0 Å².